The lowest BCUT2D eigenvalue weighted by atomic mass is 10.2. The molecule has 0 aromatic heterocycles. The third kappa shape index (κ3) is 3.40. The number of rotatable bonds is 3. The van der Waals surface area contributed by atoms with Gasteiger partial charge in [-0.3, -0.25) is 4.90 Å². The summed E-state index contributed by atoms with van der Waals surface area (Å²) in [7, 11) is 0. The van der Waals surface area contributed by atoms with Crippen molar-refractivity contribution in [3.05, 3.63) is 90.5 Å². The molecular weight excluding hydrogens is 284 g/mol. The molecule has 0 saturated carbocycles. The number of nitrogens with one attached hydrogen (secondary N) is 1. The summed E-state index contributed by atoms with van der Waals surface area (Å²) in [5.74, 6) is 0. The number of anilines is 3. The van der Waals surface area contributed by atoms with Gasteiger partial charge in [0.2, 0.25) is 0 Å². The van der Waals surface area contributed by atoms with Gasteiger partial charge in [-0.1, -0.05) is 54.6 Å². The van der Waals surface area contributed by atoms with Crippen molar-refractivity contribution in [3.63, 3.8) is 0 Å². The van der Waals surface area contributed by atoms with E-state index in [2.05, 4.69) is 5.32 Å². The molecule has 0 radical (unpaired) electrons. The molecular formula is C20H18N2O. The average Bonchev–Trinajstić information content (AvgIpc) is 2.59. The van der Waals surface area contributed by atoms with Crippen LogP contribution < -0.4 is 10.2 Å². The Bertz CT molecular complexity index is 746. The van der Waals surface area contributed by atoms with Gasteiger partial charge < -0.3 is 5.32 Å². The minimum Gasteiger partial charge on any atom is -0.307 e. The van der Waals surface area contributed by atoms with Crippen LogP contribution in [-0.2, 0) is 0 Å². The second-order valence-corrected chi connectivity index (χ2v) is 5.25. The summed E-state index contributed by atoms with van der Waals surface area (Å²) < 4.78 is 0. The number of amides is 2. The molecule has 3 heteroatoms. The smallest absolute Gasteiger partial charge is 0.307 e. The predicted molar refractivity (Wildman–Crippen MR) is 95.2 cm³/mol. The van der Waals surface area contributed by atoms with Gasteiger partial charge >= 0.3 is 6.03 Å². The number of nitrogens with zero attached hydrogens (tertiary/aromatic N) is 1. The fraction of sp³-hybridized carbons (Fsp3) is 0.0500. The number of carbonyl (C=O) groups excluding carboxylic acids is 1. The summed E-state index contributed by atoms with van der Waals surface area (Å²) in [4.78, 5) is 14.6. The summed E-state index contributed by atoms with van der Waals surface area (Å²) in [6, 6.07) is 26.8. The number of aryl methyl sites for hydroxylation is 1. The van der Waals surface area contributed by atoms with E-state index in [9.17, 15) is 4.79 Å². The van der Waals surface area contributed by atoms with Crippen molar-refractivity contribution in [1.29, 1.82) is 0 Å². The van der Waals surface area contributed by atoms with Crippen molar-refractivity contribution in [1.82, 2.24) is 0 Å². The van der Waals surface area contributed by atoms with Crippen molar-refractivity contribution >= 4 is 23.1 Å². The molecule has 0 atom stereocenters. The minimum atomic E-state index is -0.184. The van der Waals surface area contributed by atoms with Gasteiger partial charge in [0.05, 0.1) is 11.4 Å². The van der Waals surface area contributed by atoms with E-state index in [0.717, 1.165) is 22.6 Å². The average molecular weight is 302 g/mol. The number of hydrogen-bond donors (Lipinski definition) is 1. The first-order valence-electron chi connectivity index (χ1n) is 7.52. The zero-order valence-electron chi connectivity index (χ0n) is 12.9. The molecule has 3 rings (SSSR count). The van der Waals surface area contributed by atoms with Gasteiger partial charge in [0.1, 0.15) is 0 Å². The van der Waals surface area contributed by atoms with Crippen LogP contribution in [0, 0.1) is 6.92 Å². The predicted octanol–water partition coefficient (Wildman–Crippen LogP) is 5.37. The Morgan fingerprint density at radius 1 is 0.739 bits per heavy atom. The van der Waals surface area contributed by atoms with Crippen LogP contribution in [-0.4, -0.2) is 6.03 Å². The van der Waals surface area contributed by atoms with Crippen molar-refractivity contribution in [2.24, 2.45) is 0 Å². The van der Waals surface area contributed by atoms with Crippen LogP contribution in [0.15, 0.2) is 84.9 Å². The zero-order chi connectivity index (χ0) is 16.1. The first-order chi connectivity index (χ1) is 11.3. The van der Waals surface area contributed by atoms with Crippen LogP contribution in [0.25, 0.3) is 0 Å². The SMILES string of the molecule is Cc1ccccc1NC(=O)N(c1ccccc1)c1ccccc1. The van der Waals surface area contributed by atoms with Gasteiger partial charge in [-0.15, -0.1) is 0 Å². The van der Waals surface area contributed by atoms with Crippen LogP contribution in [0.5, 0.6) is 0 Å². The van der Waals surface area contributed by atoms with E-state index in [-0.39, 0.29) is 6.03 Å². The highest BCUT2D eigenvalue weighted by Gasteiger charge is 2.18. The topological polar surface area (TPSA) is 32.3 Å². The summed E-state index contributed by atoms with van der Waals surface area (Å²) in [6.45, 7) is 1.98. The zero-order valence-corrected chi connectivity index (χ0v) is 12.9. The third-order valence-electron chi connectivity index (χ3n) is 3.62. The lowest BCUT2D eigenvalue weighted by Crippen LogP contribution is -2.31. The molecule has 0 bridgehead atoms. The molecule has 0 heterocycles. The monoisotopic (exact) mass is 302 g/mol. The fourth-order valence-electron chi connectivity index (χ4n) is 2.42. The Kier molecular flexibility index (Phi) is 4.39. The molecule has 0 spiro atoms. The lowest BCUT2D eigenvalue weighted by Gasteiger charge is -2.23. The maximum absolute atomic E-state index is 12.9. The fourth-order valence-corrected chi connectivity index (χ4v) is 2.42. The molecule has 114 valence electrons. The molecule has 0 aliphatic carbocycles. The number of hydrogen-bond acceptors (Lipinski definition) is 1. The largest absolute Gasteiger partial charge is 0.330 e. The van der Waals surface area contributed by atoms with Gasteiger partial charge in [0.15, 0.2) is 0 Å². The highest BCUT2D eigenvalue weighted by Crippen LogP contribution is 2.26. The van der Waals surface area contributed by atoms with Crippen LogP contribution in [0.3, 0.4) is 0 Å². The van der Waals surface area contributed by atoms with Crippen molar-refractivity contribution in [2.75, 3.05) is 10.2 Å². The van der Waals surface area contributed by atoms with E-state index in [1.165, 1.54) is 0 Å². The number of urea groups is 1. The molecule has 3 aromatic rings. The van der Waals surface area contributed by atoms with E-state index >= 15 is 0 Å². The molecule has 2 amide bonds. The van der Waals surface area contributed by atoms with Gasteiger partial charge in [-0.25, -0.2) is 4.79 Å². The molecule has 3 aromatic carbocycles. The van der Waals surface area contributed by atoms with Crippen molar-refractivity contribution in [3.8, 4) is 0 Å². The van der Waals surface area contributed by atoms with E-state index in [1.54, 1.807) is 4.90 Å². The molecule has 23 heavy (non-hydrogen) atoms. The van der Waals surface area contributed by atoms with E-state index in [4.69, 9.17) is 0 Å². The van der Waals surface area contributed by atoms with Crippen LogP contribution in [0.2, 0.25) is 0 Å². The highest BCUT2D eigenvalue weighted by atomic mass is 16.2. The minimum absolute atomic E-state index is 0.184. The Morgan fingerprint density at radius 3 is 1.74 bits per heavy atom. The van der Waals surface area contributed by atoms with Crippen molar-refractivity contribution in [2.45, 2.75) is 6.92 Å². The molecule has 0 saturated heterocycles. The lowest BCUT2D eigenvalue weighted by molar-refractivity contribution is 0.259. The van der Waals surface area contributed by atoms with E-state index in [1.807, 2.05) is 91.9 Å². The Labute approximate surface area is 136 Å². The molecule has 0 aliphatic heterocycles. The maximum Gasteiger partial charge on any atom is 0.330 e. The van der Waals surface area contributed by atoms with E-state index in [0.29, 0.717) is 0 Å². The normalized spacial score (nSPS) is 10.1. The van der Waals surface area contributed by atoms with Crippen LogP contribution in [0.4, 0.5) is 21.9 Å². The second kappa shape index (κ2) is 6.79. The molecule has 0 unspecified atom stereocenters. The highest BCUT2D eigenvalue weighted by molar-refractivity contribution is 6.07. The number of para-hydroxylation sites is 3. The van der Waals surface area contributed by atoms with Crippen molar-refractivity contribution < 1.29 is 4.79 Å². The van der Waals surface area contributed by atoms with Gasteiger partial charge in [0.25, 0.3) is 0 Å². The van der Waals surface area contributed by atoms with Gasteiger partial charge in [-0.05, 0) is 42.8 Å². The third-order valence-corrected chi connectivity index (χ3v) is 3.62. The first kappa shape index (κ1) is 14.9. The van der Waals surface area contributed by atoms with Gasteiger partial charge in [0, 0.05) is 5.69 Å². The second-order valence-electron chi connectivity index (χ2n) is 5.25. The Morgan fingerprint density at radius 2 is 1.22 bits per heavy atom. The molecule has 1 N–H and O–H groups in total. The van der Waals surface area contributed by atoms with Gasteiger partial charge in [-0.2, -0.15) is 0 Å². The number of carbonyl (C=O) groups is 1. The number of benzene rings is 3. The summed E-state index contributed by atoms with van der Waals surface area (Å²) >= 11 is 0. The van der Waals surface area contributed by atoms with E-state index < -0.39 is 0 Å². The standard InChI is InChI=1S/C20H18N2O/c1-16-10-8-9-15-19(16)21-20(23)22(17-11-4-2-5-12-17)18-13-6-3-7-14-18/h2-15H,1H3,(H,21,23). The first-order valence-corrected chi connectivity index (χ1v) is 7.52. The molecule has 3 nitrogen and oxygen atoms in total. The summed E-state index contributed by atoms with van der Waals surface area (Å²) in [5, 5.41) is 2.99. The van der Waals surface area contributed by atoms with Crippen LogP contribution in [0.1, 0.15) is 5.56 Å². The van der Waals surface area contributed by atoms with Crippen LogP contribution >= 0.6 is 0 Å². The summed E-state index contributed by atoms with van der Waals surface area (Å²) in [5.41, 5.74) is 3.49. The summed E-state index contributed by atoms with van der Waals surface area (Å²) in [6.07, 6.45) is 0. The molecule has 0 fully saturated rings. The maximum atomic E-state index is 12.9. The Hall–Kier alpha value is -3.07. The Balaban J connectivity index is 1.96. The molecule has 0 aliphatic rings. The quantitative estimate of drug-likeness (QED) is 0.693.